The fraction of sp³-hybridized carbons (Fsp3) is 0.727. The average molecular weight is 210 g/mol. The molecule has 0 aliphatic carbocycles. The second-order valence-electron chi connectivity index (χ2n) is 4.00. The molecule has 4 nitrogen and oxygen atoms in total. The van der Waals surface area contributed by atoms with Gasteiger partial charge in [0, 0.05) is 19.2 Å². The van der Waals surface area contributed by atoms with Crippen LogP contribution in [-0.4, -0.2) is 24.9 Å². The van der Waals surface area contributed by atoms with Gasteiger partial charge in [0.1, 0.15) is 0 Å². The summed E-state index contributed by atoms with van der Waals surface area (Å²) in [6.07, 6.45) is 2.10. The van der Waals surface area contributed by atoms with E-state index in [2.05, 4.69) is 17.4 Å². The molecule has 0 aromatic carbocycles. The van der Waals surface area contributed by atoms with Crippen LogP contribution in [0.5, 0.6) is 0 Å². The second-order valence-corrected chi connectivity index (χ2v) is 4.00. The van der Waals surface area contributed by atoms with Gasteiger partial charge >= 0.3 is 0 Å². The maximum Gasteiger partial charge on any atom is 0.150 e. The van der Waals surface area contributed by atoms with E-state index < -0.39 is 0 Å². The van der Waals surface area contributed by atoms with Crippen LogP contribution in [0.4, 0.5) is 0 Å². The Labute approximate surface area is 90.0 Å². The highest BCUT2D eigenvalue weighted by Gasteiger charge is 2.14. The molecule has 1 saturated heterocycles. The summed E-state index contributed by atoms with van der Waals surface area (Å²) in [5.41, 5.74) is 1.02. The number of nitrogens with one attached hydrogen (secondary N) is 1. The molecular formula is C11H18N2O2. The summed E-state index contributed by atoms with van der Waals surface area (Å²) >= 11 is 0. The Kier molecular flexibility index (Phi) is 3.75. The van der Waals surface area contributed by atoms with E-state index in [0.717, 1.165) is 44.2 Å². The van der Waals surface area contributed by atoms with Crippen LogP contribution in [0, 0.1) is 5.92 Å². The standard InChI is InChI=1S/C11H18N2O2/c1-2-10-5-11(15-13-10)7-12-6-9-3-4-14-8-9/h5,9,12H,2-4,6-8H2,1H3. The molecule has 1 atom stereocenters. The van der Waals surface area contributed by atoms with Crippen LogP contribution < -0.4 is 5.32 Å². The first-order valence-electron chi connectivity index (χ1n) is 5.61. The minimum Gasteiger partial charge on any atom is -0.381 e. The molecule has 0 bridgehead atoms. The minimum atomic E-state index is 0.665. The predicted molar refractivity (Wildman–Crippen MR) is 56.5 cm³/mol. The molecular weight excluding hydrogens is 192 g/mol. The highest BCUT2D eigenvalue weighted by molar-refractivity contribution is 5.04. The molecule has 1 aromatic heterocycles. The fourth-order valence-corrected chi connectivity index (χ4v) is 1.75. The van der Waals surface area contributed by atoms with Gasteiger partial charge in [-0.2, -0.15) is 0 Å². The van der Waals surface area contributed by atoms with E-state index in [1.807, 2.05) is 6.07 Å². The third-order valence-electron chi connectivity index (χ3n) is 2.73. The van der Waals surface area contributed by atoms with Gasteiger partial charge in [0.05, 0.1) is 18.8 Å². The van der Waals surface area contributed by atoms with Crippen LogP contribution in [0.25, 0.3) is 0 Å². The van der Waals surface area contributed by atoms with Crippen LogP contribution in [-0.2, 0) is 17.7 Å². The Morgan fingerprint density at radius 2 is 2.53 bits per heavy atom. The first-order valence-corrected chi connectivity index (χ1v) is 5.61. The Bertz CT molecular complexity index is 293. The number of aryl methyl sites for hydroxylation is 1. The zero-order valence-corrected chi connectivity index (χ0v) is 9.16. The Morgan fingerprint density at radius 3 is 3.20 bits per heavy atom. The zero-order valence-electron chi connectivity index (χ0n) is 9.16. The summed E-state index contributed by atoms with van der Waals surface area (Å²) in [5.74, 6) is 1.59. The van der Waals surface area contributed by atoms with Gasteiger partial charge in [-0.3, -0.25) is 0 Å². The highest BCUT2D eigenvalue weighted by atomic mass is 16.5. The largest absolute Gasteiger partial charge is 0.381 e. The van der Waals surface area contributed by atoms with Crippen molar-refractivity contribution in [1.82, 2.24) is 10.5 Å². The molecule has 0 radical (unpaired) electrons. The van der Waals surface area contributed by atoms with Gasteiger partial charge in [-0.15, -0.1) is 0 Å². The van der Waals surface area contributed by atoms with Crippen molar-refractivity contribution in [3.05, 3.63) is 17.5 Å². The first kappa shape index (κ1) is 10.6. The van der Waals surface area contributed by atoms with Crippen LogP contribution >= 0.6 is 0 Å². The van der Waals surface area contributed by atoms with Gasteiger partial charge < -0.3 is 14.6 Å². The first-order chi connectivity index (χ1) is 7.38. The van der Waals surface area contributed by atoms with Gasteiger partial charge in [0.15, 0.2) is 5.76 Å². The molecule has 2 heterocycles. The molecule has 1 unspecified atom stereocenters. The highest BCUT2D eigenvalue weighted by Crippen LogP contribution is 2.11. The van der Waals surface area contributed by atoms with Gasteiger partial charge in [-0.1, -0.05) is 12.1 Å². The molecule has 1 fully saturated rings. The van der Waals surface area contributed by atoms with E-state index in [0.29, 0.717) is 5.92 Å². The number of hydrogen-bond acceptors (Lipinski definition) is 4. The molecule has 1 aliphatic rings. The maximum absolute atomic E-state index is 5.31. The van der Waals surface area contributed by atoms with Gasteiger partial charge in [0.2, 0.25) is 0 Å². The van der Waals surface area contributed by atoms with Crippen molar-refractivity contribution in [3.8, 4) is 0 Å². The van der Waals surface area contributed by atoms with Crippen LogP contribution in [0.1, 0.15) is 24.8 Å². The van der Waals surface area contributed by atoms with Crippen LogP contribution in [0.15, 0.2) is 10.6 Å². The van der Waals surface area contributed by atoms with Crippen LogP contribution in [0.3, 0.4) is 0 Å². The van der Waals surface area contributed by atoms with E-state index >= 15 is 0 Å². The molecule has 4 heteroatoms. The number of hydrogen-bond donors (Lipinski definition) is 1. The van der Waals surface area contributed by atoms with E-state index in [1.54, 1.807) is 0 Å². The molecule has 1 N–H and O–H groups in total. The van der Waals surface area contributed by atoms with Crippen molar-refractivity contribution in [3.63, 3.8) is 0 Å². The molecule has 2 rings (SSSR count). The molecule has 84 valence electrons. The summed E-state index contributed by atoms with van der Waals surface area (Å²) in [6, 6.07) is 2.01. The van der Waals surface area contributed by atoms with Crippen molar-refractivity contribution in [2.45, 2.75) is 26.3 Å². The van der Waals surface area contributed by atoms with Crippen molar-refractivity contribution < 1.29 is 9.26 Å². The number of nitrogens with zero attached hydrogens (tertiary/aromatic N) is 1. The monoisotopic (exact) mass is 210 g/mol. The normalized spacial score (nSPS) is 21.0. The van der Waals surface area contributed by atoms with E-state index in [1.165, 1.54) is 6.42 Å². The lowest BCUT2D eigenvalue weighted by molar-refractivity contribution is 0.185. The number of rotatable bonds is 5. The molecule has 0 spiro atoms. The van der Waals surface area contributed by atoms with E-state index in [-0.39, 0.29) is 0 Å². The Balaban J connectivity index is 1.68. The molecule has 0 amide bonds. The number of aromatic nitrogens is 1. The quantitative estimate of drug-likeness (QED) is 0.797. The van der Waals surface area contributed by atoms with E-state index in [9.17, 15) is 0 Å². The van der Waals surface area contributed by atoms with Crippen molar-refractivity contribution >= 4 is 0 Å². The SMILES string of the molecule is CCc1cc(CNCC2CCOC2)on1. The zero-order chi connectivity index (χ0) is 10.5. The summed E-state index contributed by atoms with van der Waals surface area (Å²) in [6.45, 7) is 5.65. The third kappa shape index (κ3) is 3.04. The summed E-state index contributed by atoms with van der Waals surface area (Å²) in [5, 5.41) is 7.31. The summed E-state index contributed by atoms with van der Waals surface area (Å²) < 4.78 is 10.5. The van der Waals surface area contributed by atoms with Crippen LogP contribution in [0.2, 0.25) is 0 Å². The lowest BCUT2D eigenvalue weighted by Gasteiger charge is -2.06. The summed E-state index contributed by atoms with van der Waals surface area (Å²) in [4.78, 5) is 0. The molecule has 1 aromatic rings. The third-order valence-corrected chi connectivity index (χ3v) is 2.73. The molecule has 15 heavy (non-hydrogen) atoms. The Hall–Kier alpha value is -0.870. The van der Waals surface area contributed by atoms with Gasteiger partial charge in [-0.25, -0.2) is 0 Å². The van der Waals surface area contributed by atoms with Crippen molar-refractivity contribution in [2.24, 2.45) is 5.92 Å². The lowest BCUT2D eigenvalue weighted by Crippen LogP contribution is -2.22. The van der Waals surface area contributed by atoms with Crippen molar-refractivity contribution in [2.75, 3.05) is 19.8 Å². The van der Waals surface area contributed by atoms with Gasteiger partial charge in [0.25, 0.3) is 0 Å². The van der Waals surface area contributed by atoms with Crippen molar-refractivity contribution in [1.29, 1.82) is 0 Å². The second kappa shape index (κ2) is 5.28. The molecule has 1 aliphatic heterocycles. The minimum absolute atomic E-state index is 0.665. The predicted octanol–water partition coefficient (Wildman–Crippen LogP) is 1.36. The van der Waals surface area contributed by atoms with Gasteiger partial charge in [-0.05, 0) is 18.8 Å². The number of ether oxygens (including phenoxy) is 1. The summed E-state index contributed by atoms with van der Waals surface area (Å²) in [7, 11) is 0. The maximum atomic E-state index is 5.31. The lowest BCUT2D eigenvalue weighted by atomic mass is 10.1. The van der Waals surface area contributed by atoms with E-state index in [4.69, 9.17) is 9.26 Å². The average Bonchev–Trinajstić information content (AvgIpc) is 2.88. The molecule has 0 saturated carbocycles. The smallest absolute Gasteiger partial charge is 0.150 e. The fourth-order valence-electron chi connectivity index (χ4n) is 1.75. The Morgan fingerprint density at radius 1 is 1.60 bits per heavy atom. The topological polar surface area (TPSA) is 47.3 Å².